The third-order valence-corrected chi connectivity index (χ3v) is 2.57. The van der Waals surface area contributed by atoms with Gasteiger partial charge < -0.3 is 15.3 Å². The Morgan fingerprint density at radius 1 is 1.21 bits per heavy atom. The average molecular weight is 264 g/mol. The fourth-order valence-corrected chi connectivity index (χ4v) is 1.77. The highest BCUT2D eigenvalue weighted by molar-refractivity contribution is 6.39. The zero-order valence-corrected chi connectivity index (χ0v) is 11.3. The molecule has 5 nitrogen and oxygen atoms in total. The Kier molecular flexibility index (Phi) is 5.85. The van der Waals surface area contributed by atoms with Crippen LogP contribution in [0.4, 0.5) is 5.69 Å². The van der Waals surface area contributed by atoms with E-state index in [9.17, 15) is 14.7 Å². The number of rotatable bonds is 5. The number of phenolic OH excluding ortho intramolecular Hbond substituents is 1. The summed E-state index contributed by atoms with van der Waals surface area (Å²) in [6.07, 6.45) is 1.62. The number of hydrogen-bond acceptors (Lipinski definition) is 3. The van der Waals surface area contributed by atoms with Gasteiger partial charge >= 0.3 is 11.8 Å². The first kappa shape index (κ1) is 15.0. The Labute approximate surface area is 113 Å². The molecule has 5 heteroatoms. The second kappa shape index (κ2) is 7.41. The van der Waals surface area contributed by atoms with Crippen molar-refractivity contribution in [2.24, 2.45) is 0 Å². The van der Waals surface area contributed by atoms with Crippen LogP contribution >= 0.6 is 0 Å². The van der Waals surface area contributed by atoms with Gasteiger partial charge in [0.25, 0.3) is 0 Å². The molecule has 0 spiro atoms. The van der Waals surface area contributed by atoms with E-state index in [1.54, 1.807) is 12.1 Å². The molecule has 0 saturated heterocycles. The molecule has 1 aromatic carbocycles. The molecule has 0 saturated carbocycles. The number of phenols is 1. The van der Waals surface area contributed by atoms with Crippen molar-refractivity contribution in [1.82, 2.24) is 4.90 Å². The fourth-order valence-electron chi connectivity index (χ4n) is 1.77. The first-order valence-corrected chi connectivity index (χ1v) is 6.47. The van der Waals surface area contributed by atoms with E-state index in [1.165, 1.54) is 17.0 Å². The van der Waals surface area contributed by atoms with Gasteiger partial charge in [-0.3, -0.25) is 9.59 Å². The van der Waals surface area contributed by atoms with Crippen LogP contribution in [0, 0.1) is 0 Å². The summed E-state index contributed by atoms with van der Waals surface area (Å²) >= 11 is 0. The van der Waals surface area contributed by atoms with E-state index in [2.05, 4.69) is 5.32 Å². The molecule has 0 aliphatic rings. The number of nitrogens with zero attached hydrogens (tertiary/aromatic N) is 1. The van der Waals surface area contributed by atoms with Crippen molar-refractivity contribution >= 4 is 17.5 Å². The molecule has 0 bridgehead atoms. The maximum absolute atomic E-state index is 12.0. The van der Waals surface area contributed by atoms with Crippen molar-refractivity contribution in [3.05, 3.63) is 24.3 Å². The van der Waals surface area contributed by atoms with Crippen LogP contribution in [-0.2, 0) is 9.59 Å². The highest BCUT2D eigenvalue weighted by Crippen LogP contribution is 2.15. The molecular weight excluding hydrogens is 244 g/mol. The summed E-state index contributed by atoms with van der Waals surface area (Å²) in [6.45, 7) is 5.06. The van der Waals surface area contributed by atoms with Crippen LogP contribution in [0.25, 0.3) is 0 Å². The van der Waals surface area contributed by atoms with Crippen LogP contribution in [-0.4, -0.2) is 34.9 Å². The fraction of sp³-hybridized carbons (Fsp3) is 0.429. The molecule has 0 aromatic heterocycles. The van der Waals surface area contributed by atoms with E-state index in [-0.39, 0.29) is 5.75 Å². The normalized spacial score (nSPS) is 10.0. The minimum absolute atomic E-state index is 0.0456. The predicted molar refractivity (Wildman–Crippen MR) is 73.9 cm³/mol. The molecule has 1 aromatic rings. The SMILES string of the molecule is CCCN(CCC)C(=O)C(=O)Nc1cccc(O)c1. The molecule has 0 heterocycles. The van der Waals surface area contributed by atoms with Crippen molar-refractivity contribution in [1.29, 1.82) is 0 Å². The minimum Gasteiger partial charge on any atom is -0.508 e. The van der Waals surface area contributed by atoms with Gasteiger partial charge in [-0.05, 0) is 25.0 Å². The molecule has 2 N–H and O–H groups in total. The third kappa shape index (κ3) is 4.62. The van der Waals surface area contributed by atoms with E-state index < -0.39 is 11.8 Å². The molecule has 0 radical (unpaired) electrons. The molecule has 0 fully saturated rings. The van der Waals surface area contributed by atoms with Gasteiger partial charge in [-0.15, -0.1) is 0 Å². The number of nitrogens with one attached hydrogen (secondary N) is 1. The van der Waals surface area contributed by atoms with Gasteiger partial charge in [-0.1, -0.05) is 19.9 Å². The van der Waals surface area contributed by atoms with Gasteiger partial charge in [0, 0.05) is 24.8 Å². The van der Waals surface area contributed by atoms with Gasteiger partial charge in [-0.25, -0.2) is 0 Å². The molecule has 1 rings (SSSR count). The second-order valence-electron chi connectivity index (χ2n) is 4.30. The largest absolute Gasteiger partial charge is 0.508 e. The standard InChI is InChI=1S/C14H20N2O3/c1-3-8-16(9-4-2)14(19)13(18)15-11-6-5-7-12(17)10-11/h5-7,10,17H,3-4,8-9H2,1-2H3,(H,15,18). The molecule has 2 amide bonds. The summed E-state index contributed by atoms with van der Waals surface area (Å²) in [4.78, 5) is 25.3. The Balaban J connectivity index is 2.68. The molecule has 0 unspecified atom stereocenters. The van der Waals surface area contributed by atoms with Crippen LogP contribution in [0.2, 0.25) is 0 Å². The van der Waals surface area contributed by atoms with Gasteiger partial charge in [0.15, 0.2) is 0 Å². The van der Waals surface area contributed by atoms with E-state index in [4.69, 9.17) is 0 Å². The van der Waals surface area contributed by atoms with Crippen molar-refractivity contribution in [3.8, 4) is 5.75 Å². The van der Waals surface area contributed by atoms with Gasteiger partial charge in [0.2, 0.25) is 0 Å². The number of benzene rings is 1. The maximum Gasteiger partial charge on any atom is 0.313 e. The lowest BCUT2D eigenvalue weighted by Gasteiger charge is -2.20. The summed E-state index contributed by atoms with van der Waals surface area (Å²) in [6, 6.07) is 6.12. The van der Waals surface area contributed by atoms with Crippen LogP contribution in [0.3, 0.4) is 0 Å². The first-order chi connectivity index (χ1) is 9.08. The number of amides is 2. The van der Waals surface area contributed by atoms with Crippen LogP contribution in [0.1, 0.15) is 26.7 Å². The highest BCUT2D eigenvalue weighted by atomic mass is 16.3. The Bertz CT molecular complexity index is 440. The quantitative estimate of drug-likeness (QED) is 0.799. The number of aromatic hydroxyl groups is 1. The van der Waals surface area contributed by atoms with E-state index >= 15 is 0 Å². The Morgan fingerprint density at radius 3 is 2.37 bits per heavy atom. The zero-order valence-electron chi connectivity index (χ0n) is 11.3. The third-order valence-electron chi connectivity index (χ3n) is 2.57. The molecule has 19 heavy (non-hydrogen) atoms. The lowest BCUT2D eigenvalue weighted by molar-refractivity contribution is -0.143. The molecule has 0 aliphatic carbocycles. The minimum atomic E-state index is -0.674. The van der Waals surface area contributed by atoms with Crippen molar-refractivity contribution in [2.45, 2.75) is 26.7 Å². The van der Waals surface area contributed by atoms with Crippen LogP contribution < -0.4 is 5.32 Å². The first-order valence-electron chi connectivity index (χ1n) is 6.47. The molecule has 0 atom stereocenters. The molecular formula is C14H20N2O3. The van der Waals surface area contributed by atoms with Gasteiger partial charge in [0.1, 0.15) is 5.75 Å². The average Bonchev–Trinajstić information content (AvgIpc) is 2.37. The lowest BCUT2D eigenvalue weighted by atomic mass is 10.3. The van der Waals surface area contributed by atoms with E-state index in [0.29, 0.717) is 18.8 Å². The van der Waals surface area contributed by atoms with Crippen LogP contribution in [0.5, 0.6) is 5.75 Å². The smallest absolute Gasteiger partial charge is 0.313 e. The maximum atomic E-state index is 12.0. The highest BCUT2D eigenvalue weighted by Gasteiger charge is 2.20. The van der Waals surface area contributed by atoms with Crippen molar-refractivity contribution in [3.63, 3.8) is 0 Å². The molecule has 0 aliphatic heterocycles. The van der Waals surface area contributed by atoms with Crippen molar-refractivity contribution in [2.75, 3.05) is 18.4 Å². The number of anilines is 1. The number of carbonyl (C=O) groups is 2. The predicted octanol–water partition coefficient (Wildman–Crippen LogP) is 1.98. The summed E-state index contributed by atoms with van der Waals surface area (Å²) < 4.78 is 0. The number of hydrogen-bond donors (Lipinski definition) is 2. The summed E-state index contributed by atoms with van der Waals surface area (Å²) in [7, 11) is 0. The van der Waals surface area contributed by atoms with Crippen molar-refractivity contribution < 1.29 is 14.7 Å². The van der Waals surface area contributed by atoms with E-state index in [0.717, 1.165) is 12.8 Å². The van der Waals surface area contributed by atoms with Crippen LogP contribution in [0.15, 0.2) is 24.3 Å². The summed E-state index contributed by atoms with van der Waals surface area (Å²) in [5, 5.41) is 11.8. The lowest BCUT2D eigenvalue weighted by Crippen LogP contribution is -2.40. The summed E-state index contributed by atoms with van der Waals surface area (Å²) in [5.41, 5.74) is 0.409. The Hall–Kier alpha value is -2.04. The zero-order chi connectivity index (χ0) is 14.3. The number of carbonyl (C=O) groups excluding carboxylic acids is 2. The monoisotopic (exact) mass is 264 g/mol. The van der Waals surface area contributed by atoms with Gasteiger partial charge in [0.05, 0.1) is 0 Å². The second-order valence-corrected chi connectivity index (χ2v) is 4.30. The van der Waals surface area contributed by atoms with E-state index in [1.807, 2.05) is 13.8 Å². The Morgan fingerprint density at radius 2 is 1.84 bits per heavy atom. The van der Waals surface area contributed by atoms with Gasteiger partial charge in [-0.2, -0.15) is 0 Å². The topological polar surface area (TPSA) is 69.6 Å². The molecule has 104 valence electrons. The summed E-state index contributed by atoms with van der Waals surface area (Å²) in [5.74, 6) is -1.16.